The van der Waals surface area contributed by atoms with Gasteiger partial charge in [0.1, 0.15) is 5.82 Å². The van der Waals surface area contributed by atoms with Crippen molar-refractivity contribution in [1.82, 2.24) is 4.98 Å². The van der Waals surface area contributed by atoms with E-state index >= 15 is 0 Å². The molecule has 0 aliphatic heterocycles. The molecule has 112 valence electrons. The number of hydrogen-bond acceptors (Lipinski definition) is 5. The maximum Gasteiger partial charge on any atom is 0.311 e. The Balaban J connectivity index is 3.23. The van der Waals surface area contributed by atoms with Gasteiger partial charge in [-0.2, -0.15) is 0 Å². The number of nitro groups is 1. The minimum absolute atomic E-state index is 0.0698. The first-order valence-corrected chi connectivity index (χ1v) is 7.14. The van der Waals surface area contributed by atoms with Gasteiger partial charge in [-0.15, -0.1) is 0 Å². The smallest absolute Gasteiger partial charge is 0.311 e. The number of nitrogens with zero attached hydrogens (tertiary/aromatic N) is 3. The molecule has 6 nitrogen and oxygen atoms in total. The molecule has 1 heterocycles. The van der Waals surface area contributed by atoms with Gasteiger partial charge in [0, 0.05) is 25.7 Å². The van der Waals surface area contributed by atoms with Crippen LogP contribution in [0.4, 0.5) is 17.3 Å². The minimum atomic E-state index is -0.358. The molecule has 1 aromatic rings. The normalized spacial score (nSPS) is 12.0. The van der Waals surface area contributed by atoms with E-state index in [-0.39, 0.29) is 16.7 Å². The van der Waals surface area contributed by atoms with Crippen molar-refractivity contribution < 1.29 is 4.92 Å². The van der Waals surface area contributed by atoms with Crippen LogP contribution in [0.5, 0.6) is 0 Å². The van der Waals surface area contributed by atoms with Crippen LogP contribution in [0, 0.1) is 10.1 Å². The Morgan fingerprint density at radius 3 is 2.65 bits per heavy atom. The highest BCUT2D eigenvalue weighted by Gasteiger charge is 2.24. The first-order chi connectivity index (χ1) is 9.54. The van der Waals surface area contributed by atoms with Crippen molar-refractivity contribution in [3.05, 3.63) is 22.2 Å². The third kappa shape index (κ3) is 3.82. The van der Waals surface area contributed by atoms with E-state index in [4.69, 9.17) is 0 Å². The second-order valence-corrected chi connectivity index (χ2v) is 4.85. The molecular weight excluding hydrogens is 256 g/mol. The molecule has 1 N–H and O–H groups in total. The summed E-state index contributed by atoms with van der Waals surface area (Å²) >= 11 is 0. The largest absolute Gasteiger partial charge is 0.373 e. The minimum Gasteiger partial charge on any atom is -0.373 e. The van der Waals surface area contributed by atoms with Crippen molar-refractivity contribution >= 4 is 17.3 Å². The van der Waals surface area contributed by atoms with Gasteiger partial charge in [-0.25, -0.2) is 4.98 Å². The lowest BCUT2D eigenvalue weighted by Crippen LogP contribution is -2.34. The van der Waals surface area contributed by atoms with Crippen molar-refractivity contribution in [3.63, 3.8) is 0 Å². The molecule has 0 saturated heterocycles. The molecule has 0 bridgehead atoms. The SMILES string of the molecule is CCCCN(c1nc(NC)ccc1[N+](=O)[O-])C(C)CC. The molecule has 1 atom stereocenters. The van der Waals surface area contributed by atoms with Crippen LogP contribution in [0.3, 0.4) is 0 Å². The third-order valence-electron chi connectivity index (χ3n) is 3.45. The average molecular weight is 280 g/mol. The second-order valence-electron chi connectivity index (χ2n) is 4.85. The predicted molar refractivity (Wildman–Crippen MR) is 82.4 cm³/mol. The molecule has 0 spiro atoms. The third-order valence-corrected chi connectivity index (χ3v) is 3.45. The summed E-state index contributed by atoms with van der Waals surface area (Å²) in [7, 11) is 1.76. The zero-order chi connectivity index (χ0) is 15.1. The molecule has 1 unspecified atom stereocenters. The van der Waals surface area contributed by atoms with E-state index in [9.17, 15) is 10.1 Å². The molecule has 1 aromatic heterocycles. The Morgan fingerprint density at radius 2 is 2.15 bits per heavy atom. The van der Waals surface area contributed by atoms with E-state index in [0.717, 1.165) is 25.8 Å². The fourth-order valence-corrected chi connectivity index (χ4v) is 2.02. The molecular formula is C14H24N4O2. The summed E-state index contributed by atoms with van der Waals surface area (Å²) in [5.74, 6) is 1.11. The monoisotopic (exact) mass is 280 g/mol. The van der Waals surface area contributed by atoms with Crippen molar-refractivity contribution in [2.24, 2.45) is 0 Å². The second kappa shape index (κ2) is 7.67. The standard InChI is InChI=1S/C14H24N4O2/c1-5-7-10-17(11(3)6-2)14-12(18(19)20)8-9-13(15-4)16-14/h8-9,11H,5-7,10H2,1-4H3,(H,15,16). The van der Waals surface area contributed by atoms with Gasteiger partial charge in [-0.1, -0.05) is 20.3 Å². The molecule has 0 aliphatic carbocycles. The van der Waals surface area contributed by atoms with Gasteiger partial charge in [0.25, 0.3) is 0 Å². The van der Waals surface area contributed by atoms with Crippen LogP contribution in [-0.2, 0) is 0 Å². The first kappa shape index (κ1) is 16.2. The van der Waals surface area contributed by atoms with Crippen LogP contribution < -0.4 is 10.2 Å². The number of hydrogen-bond donors (Lipinski definition) is 1. The number of aromatic nitrogens is 1. The van der Waals surface area contributed by atoms with Crippen molar-refractivity contribution in [3.8, 4) is 0 Å². The summed E-state index contributed by atoms with van der Waals surface area (Å²) in [5.41, 5.74) is 0.0698. The molecule has 1 rings (SSSR count). The molecule has 0 aromatic carbocycles. The van der Waals surface area contributed by atoms with Crippen LogP contribution >= 0.6 is 0 Å². The number of unbranched alkanes of at least 4 members (excludes halogenated alkanes) is 1. The van der Waals surface area contributed by atoms with Crippen molar-refractivity contribution in [2.75, 3.05) is 23.8 Å². The molecule has 6 heteroatoms. The molecule has 0 aliphatic rings. The lowest BCUT2D eigenvalue weighted by molar-refractivity contribution is -0.384. The molecule has 0 saturated carbocycles. The summed E-state index contributed by atoms with van der Waals surface area (Å²) in [6.07, 6.45) is 2.96. The first-order valence-electron chi connectivity index (χ1n) is 7.14. The Kier molecular flexibility index (Phi) is 6.21. The lowest BCUT2D eigenvalue weighted by Gasteiger charge is -2.29. The van der Waals surface area contributed by atoms with E-state index in [1.165, 1.54) is 6.07 Å². The molecule has 0 fully saturated rings. The number of pyridine rings is 1. The molecule has 0 amide bonds. The van der Waals surface area contributed by atoms with E-state index < -0.39 is 0 Å². The zero-order valence-electron chi connectivity index (χ0n) is 12.7. The van der Waals surface area contributed by atoms with Crippen LogP contribution in [-0.4, -0.2) is 29.5 Å². The lowest BCUT2D eigenvalue weighted by atomic mass is 10.2. The quantitative estimate of drug-likeness (QED) is 0.583. The number of nitrogens with one attached hydrogen (secondary N) is 1. The Morgan fingerprint density at radius 1 is 1.45 bits per heavy atom. The Labute approximate surface area is 120 Å². The maximum absolute atomic E-state index is 11.2. The van der Waals surface area contributed by atoms with E-state index in [1.54, 1.807) is 13.1 Å². The highest BCUT2D eigenvalue weighted by Crippen LogP contribution is 2.29. The highest BCUT2D eigenvalue weighted by atomic mass is 16.6. The van der Waals surface area contributed by atoms with Crippen LogP contribution in [0.1, 0.15) is 40.0 Å². The van der Waals surface area contributed by atoms with Gasteiger partial charge in [-0.05, 0) is 25.8 Å². The Bertz CT molecular complexity index is 451. The number of anilines is 2. The summed E-state index contributed by atoms with van der Waals surface area (Å²) in [5, 5.41) is 14.2. The van der Waals surface area contributed by atoms with Gasteiger partial charge >= 0.3 is 5.69 Å². The van der Waals surface area contributed by atoms with Gasteiger partial charge in [0.2, 0.25) is 5.82 Å². The van der Waals surface area contributed by atoms with Crippen molar-refractivity contribution in [2.45, 2.75) is 46.1 Å². The van der Waals surface area contributed by atoms with Crippen LogP contribution in [0.25, 0.3) is 0 Å². The van der Waals surface area contributed by atoms with Crippen LogP contribution in [0.15, 0.2) is 12.1 Å². The van der Waals surface area contributed by atoms with Gasteiger partial charge < -0.3 is 10.2 Å². The molecule has 0 radical (unpaired) electrons. The van der Waals surface area contributed by atoms with Gasteiger partial charge in [0.05, 0.1) is 4.92 Å². The topological polar surface area (TPSA) is 71.3 Å². The number of rotatable bonds is 8. The van der Waals surface area contributed by atoms with E-state index in [1.807, 2.05) is 4.90 Å². The fraction of sp³-hybridized carbons (Fsp3) is 0.643. The zero-order valence-corrected chi connectivity index (χ0v) is 12.7. The van der Waals surface area contributed by atoms with Crippen LogP contribution in [0.2, 0.25) is 0 Å². The summed E-state index contributed by atoms with van der Waals surface area (Å²) in [6.45, 7) is 7.05. The van der Waals surface area contributed by atoms with E-state index in [0.29, 0.717) is 11.6 Å². The van der Waals surface area contributed by atoms with E-state index in [2.05, 4.69) is 31.1 Å². The Hall–Kier alpha value is -1.85. The predicted octanol–water partition coefficient (Wildman–Crippen LogP) is 3.44. The molecule has 20 heavy (non-hydrogen) atoms. The van der Waals surface area contributed by atoms with Gasteiger partial charge in [0.15, 0.2) is 0 Å². The van der Waals surface area contributed by atoms with Gasteiger partial charge in [-0.3, -0.25) is 10.1 Å². The average Bonchev–Trinajstić information content (AvgIpc) is 2.46. The fourth-order valence-electron chi connectivity index (χ4n) is 2.02. The summed E-state index contributed by atoms with van der Waals surface area (Å²) in [6, 6.07) is 3.38. The summed E-state index contributed by atoms with van der Waals surface area (Å²) in [4.78, 5) is 17.3. The van der Waals surface area contributed by atoms with Crippen molar-refractivity contribution in [1.29, 1.82) is 0 Å². The summed E-state index contributed by atoms with van der Waals surface area (Å²) < 4.78 is 0. The maximum atomic E-state index is 11.2. The highest BCUT2D eigenvalue weighted by molar-refractivity contribution is 5.62.